The highest BCUT2D eigenvalue weighted by molar-refractivity contribution is 7.19. The molecule has 0 atom stereocenters. The molecule has 11 heteroatoms. The molecule has 0 aliphatic heterocycles. The van der Waals surface area contributed by atoms with Gasteiger partial charge in [-0.25, -0.2) is 24.7 Å². The minimum atomic E-state index is -0.346. The summed E-state index contributed by atoms with van der Waals surface area (Å²) in [6, 6.07) is 7.14. The van der Waals surface area contributed by atoms with Gasteiger partial charge in [0.1, 0.15) is 11.4 Å². The number of hydrogen-bond donors (Lipinski definition) is 2. The standard InChI is InChI=1S/C27H28ClN7O2S/c1-29-26(36)35-27-32-16-24(38-27)22-14-21(33-25(34-22)23-15-30-10-11-31-23)19-13-18(7-8-20(19)28)37-12-9-17-5-3-2-4-6-17/h7-8,10-11,13-17H,2-6,9,12H2,1H3,(H2,29,32,35,36). The van der Waals surface area contributed by atoms with Gasteiger partial charge in [0.25, 0.3) is 0 Å². The van der Waals surface area contributed by atoms with Gasteiger partial charge >= 0.3 is 6.03 Å². The number of nitrogens with zero attached hydrogens (tertiary/aromatic N) is 5. The molecule has 0 saturated heterocycles. The zero-order chi connectivity index (χ0) is 26.3. The van der Waals surface area contributed by atoms with Crippen molar-refractivity contribution in [1.29, 1.82) is 0 Å². The van der Waals surface area contributed by atoms with Crippen molar-refractivity contribution in [2.24, 2.45) is 5.92 Å². The lowest BCUT2D eigenvalue weighted by molar-refractivity contribution is 0.246. The van der Waals surface area contributed by atoms with Crippen LogP contribution in [0.25, 0.3) is 33.3 Å². The van der Waals surface area contributed by atoms with Gasteiger partial charge < -0.3 is 10.1 Å². The number of urea groups is 1. The van der Waals surface area contributed by atoms with Gasteiger partial charge in [-0.3, -0.25) is 10.3 Å². The van der Waals surface area contributed by atoms with Gasteiger partial charge in [0.2, 0.25) is 0 Å². The first kappa shape index (κ1) is 26.0. The summed E-state index contributed by atoms with van der Waals surface area (Å²) >= 11 is 7.95. The topological polar surface area (TPSA) is 115 Å². The molecule has 0 spiro atoms. The average molecular weight is 550 g/mol. The van der Waals surface area contributed by atoms with Crippen LogP contribution in [0.15, 0.2) is 49.1 Å². The van der Waals surface area contributed by atoms with Gasteiger partial charge in [0, 0.05) is 31.2 Å². The van der Waals surface area contributed by atoms with Crippen molar-refractivity contribution in [3.05, 3.63) is 54.1 Å². The van der Waals surface area contributed by atoms with E-state index in [1.165, 1.54) is 43.4 Å². The minimum absolute atomic E-state index is 0.346. The zero-order valence-corrected chi connectivity index (χ0v) is 22.6. The first-order chi connectivity index (χ1) is 18.6. The van der Waals surface area contributed by atoms with E-state index in [1.54, 1.807) is 31.8 Å². The Bertz CT molecular complexity index is 1390. The zero-order valence-electron chi connectivity index (χ0n) is 21.0. The van der Waals surface area contributed by atoms with E-state index in [2.05, 4.69) is 25.6 Å². The third kappa shape index (κ3) is 6.43. The van der Waals surface area contributed by atoms with E-state index in [0.717, 1.165) is 28.5 Å². The van der Waals surface area contributed by atoms with Gasteiger partial charge in [0.15, 0.2) is 11.0 Å². The normalized spacial score (nSPS) is 13.7. The number of amides is 2. The number of anilines is 1. The second-order valence-electron chi connectivity index (χ2n) is 9.07. The van der Waals surface area contributed by atoms with Crippen LogP contribution < -0.4 is 15.4 Å². The van der Waals surface area contributed by atoms with E-state index in [1.807, 2.05) is 24.3 Å². The van der Waals surface area contributed by atoms with Crippen LogP contribution >= 0.6 is 22.9 Å². The van der Waals surface area contributed by atoms with Gasteiger partial charge in [-0.2, -0.15) is 0 Å². The number of hydrogen-bond acceptors (Lipinski definition) is 8. The molecule has 2 amide bonds. The molecule has 0 radical (unpaired) electrons. The Labute approximate surface area is 230 Å². The third-order valence-electron chi connectivity index (χ3n) is 6.46. The second-order valence-corrected chi connectivity index (χ2v) is 10.5. The largest absolute Gasteiger partial charge is 0.494 e. The number of nitrogens with one attached hydrogen (secondary N) is 2. The molecule has 5 rings (SSSR count). The molecule has 1 aromatic carbocycles. The summed E-state index contributed by atoms with van der Waals surface area (Å²) in [6.45, 7) is 0.674. The molecule has 2 N–H and O–H groups in total. The van der Waals surface area contributed by atoms with E-state index >= 15 is 0 Å². The van der Waals surface area contributed by atoms with Crippen LogP contribution in [0.4, 0.5) is 9.93 Å². The highest BCUT2D eigenvalue weighted by Gasteiger charge is 2.17. The number of carbonyl (C=O) groups excluding carboxylic acids is 1. The molecule has 38 heavy (non-hydrogen) atoms. The molecular formula is C27H28ClN7O2S. The van der Waals surface area contributed by atoms with Crippen LogP contribution in [0.5, 0.6) is 5.75 Å². The van der Waals surface area contributed by atoms with E-state index in [-0.39, 0.29) is 6.03 Å². The van der Waals surface area contributed by atoms with Crippen LogP contribution in [-0.2, 0) is 0 Å². The molecule has 1 aliphatic carbocycles. The number of aromatic nitrogens is 5. The smallest absolute Gasteiger partial charge is 0.320 e. The van der Waals surface area contributed by atoms with Crippen molar-refractivity contribution in [2.45, 2.75) is 38.5 Å². The Morgan fingerprint density at radius 2 is 1.89 bits per heavy atom. The Morgan fingerprint density at radius 1 is 1.05 bits per heavy atom. The monoisotopic (exact) mass is 549 g/mol. The second kappa shape index (κ2) is 12.3. The Kier molecular flexibility index (Phi) is 8.40. The Balaban J connectivity index is 1.46. The number of rotatable bonds is 8. The highest BCUT2D eigenvalue weighted by atomic mass is 35.5. The fraction of sp³-hybridized carbons (Fsp3) is 0.333. The van der Waals surface area contributed by atoms with Crippen molar-refractivity contribution in [1.82, 2.24) is 30.2 Å². The molecule has 0 bridgehead atoms. The Morgan fingerprint density at radius 3 is 2.68 bits per heavy atom. The number of benzene rings is 1. The average Bonchev–Trinajstić information content (AvgIpc) is 3.43. The van der Waals surface area contributed by atoms with Gasteiger partial charge in [-0.15, -0.1) is 0 Å². The van der Waals surface area contributed by atoms with Crippen LogP contribution in [-0.4, -0.2) is 44.6 Å². The summed E-state index contributed by atoms with van der Waals surface area (Å²) < 4.78 is 6.13. The molecule has 1 saturated carbocycles. The summed E-state index contributed by atoms with van der Waals surface area (Å²) in [5.41, 5.74) is 2.49. The molecule has 1 aliphatic rings. The molecule has 3 heterocycles. The Hall–Kier alpha value is -3.63. The van der Waals surface area contributed by atoms with Crippen LogP contribution in [0.3, 0.4) is 0 Å². The lowest BCUT2D eigenvalue weighted by Crippen LogP contribution is -2.24. The summed E-state index contributed by atoms with van der Waals surface area (Å²) in [5, 5.41) is 6.20. The molecule has 196 valence electrons. The third-order valence-corrected chi connectivity index (χ3v) is 7.72. The maximum Gasteiger partial charge on any atom is 0.320 e. The molecule has 3 aromatic heterocycles. The SMILES string of the molecule is CNC(=O)Nc1ncc(-c2cc(-c3cc(OCCC4CCCCC4)ccc3Cl)nc(-c3cnccn3)n2)s1. The summed E-state index contributed by atoms with van der Waals surface area (Å²) in [7, 11) is 1.55. The van der Waals surface area contributed by atoms with E-state index < -0.39 is 0 Å². The minimum Gasteiger partial charge on any atom is -0.494 e. The maximum atomic E-state index is 11.7. The molecule has 1 fully saturated rings. The fourth-order valence-electron chi connectivity index (χ4n) is 4.46. The van der Waals surface area contributed by atoms with E-state index in [4.69, 9.17) is 26.3 Å². The molecular weight excluding hydrogens is 522 g/mol. The predicted octanol–water partition coefficient (Wildman–Crippen LogP) is 6.48. The lowest BCUT2D eigenvalue weighted by Gasteiger charge is -2.21. The highest BCUT2D eigenvalue weighted by Crippen LogP contribution is 2.36. The summed E-state index contributed by atoms with van der Waals surface area (Å²) in [5.74, 6) is 1.90. The van der Waals surface area contributed by atoms with Crippen molar-refractivity contribution in [3.8, 4) is 39.1 Å². The van der Waals surface area contributed by atoms with E-state index in [0.29, 0.717) is 39.7 Å². The first-order valence-corrected chi connectivity index (χ1v) is 13.8. The summed E-state index contributed by atoms with van der Waals surface area (Å²) in [6.07, 6.45) is 14.1. The fourth-order valence-corrected chi connectivity index (χ4v) is 5.45. The molecule has 0 unspecified atom stereocenters. The lowest BCUT2D eigenvalue weighted by atomic mass is 9.87. The maximum absolute atomic E-state index is 11.7. The predicted molar refractivity (Wildman–Crippen MR) is 149 cm³/mol. The summed E-state index contributed by atoms with van der Waals surface area (Å²) in [4.78, 5) is 34.8. The first-order valence-electron chi connectivity index (χ1n) is 12.6. The van der Waals surface area contributed by atoms with Crippen LogP contribution in [0.1, 0.15) is 38.5 Å². The molecule has 4 aromatic rings. The number of halogens is 1. The van der Waals surface area contributed by atoms with Gasteiger partial charge in [0.05, 0.1) is 34.1 Å². The van der Waals surface area contributed by atoms with Crippen molar-refractivity contribution in [2.75, 3.05) is 19.0 Å². The van der Waals surface area contributed by atoms with Crippen LogP contribution in [0.2, 0.25) is 5.02 Å². The number of thiazole rings is 1. The van der Waals surface area contributed by atoms with Crippen molar-refractivity contribution in [3.63, 3.8) is 0 Å². The van der Waals surface area contributed by atoms with Crippen LogP contribution in [0, 0.1) is 5.92 Å². The molecule has 9 nitrogen and oxygen atoms in total. The van der Waals surface area contributed by atoms with Crippen molar-refractivity contribution < 1.29 is 9.53 Å². The van der Waals surface area contributed by atoms with Gasteiger partial charge in [-0.1, -0.05) is 55.0 Å². The van der Waals surface area contributed by atoms with Gasteiger partial charge in [-0.05, 0) is 36.6 Å². The number of carbonyl (C=O) groups is 1. The number of ether oxygens (including phenoxy) is 1. The van der Waals surface area contributed by atoms with Crippen molar-refractivity contribution >= 4 is 34.1 Å². The van der Waals surface area contributed by atoms with E-state index in [9.17, 15) is 4.79 Å². The quantitative estimate of drug-likeness (QED) is 0.258.